The predicted molar refractivity (Wildman–Crippen MR) is 90.5 cm³/mol. The van der Waals surface area contributed by atoms with Gasteiger partial charge in [-0.1, -0.05) is 26.7 Å². The minimum Gasteiger partial charge on any atom is -0.316 e. The summed E-state index contributed by atoms with van der Waals surface area (Å²) in [6.07, 6.45) is 13.0. The summed E-state index contributed by atoms with van der Waals surface area (Å²) in [5, 5.41) is 3.77. The molecule has 0 saturated heterocycles. The van der Waals surface area contributed by atoms with Gasteiger partial charge in [-0.25, -0.2) is 0 Å². The highest BCUT2D eigenvalue weighted by Crippen LogP contribution is 2.42. The van der Waals surface area contributed by atoms with Crippen LogP contribution in [0.2, 0.25) is 0 Å². The van der Waals surface area contributed by atoms with Gasteiger partial charge >= 0.3 is 0 Å². The van der Waals surface area contributed by atoms with Crippen LogP contribution in [-0.4, -0.2) is 37.1 Å². The Morgan fingerprint density at radius 3 is 2.33 bits per heavy atom. The molecule has 0 radical (unpaired) electrons. The molecule has 2 nitrogen and oxygen atoms in total. The first-order valence-electron chi connectivity index (χ1n) is 9.65. The highest BCUT2D eigenvalue weighted by Gasteiger charge is 2.41. The monoisotopic (exact) mass is 292 g/mol. The van der Waals surface area contributed by atoms with Gasteiger partial charge in [-0.3, -0.25) is 4.90 Å². The second-order valence-electron chi connectivity index (χ2n) is 8.46. The van der Waals surface area contributed by atoms with E-state index in [1.807, 2.05) is 0 Å². The number of hydrogen-bond acceptors (Lipinski definition) is 2. The minimum atomic E-state index is 0.582. The number of nitrogens with one attached hydrogen (secondary N) is 1. The smallest absolute Gasteiger partial charge is 0.00967 e. The molecule has 0 aromatic carbocycles. The molecule has 0 bridgehead atoms. The average molecular weight is 293 g/mol. The minimum absolute atomic E-state index is 0.582. The van der Waals surface area contributed by atoms with E-state index in [1.165, 1.54) is 84.0 Å². The lowest BCUT2D eigenvalue weighted by atomic mass is 9.70. The van der Waals surface area contributed by atoms with Crippen molar-refractivity contribution in [2.45, 2.75) is 77.7 Å². The van der Waals surface area contributed by atoms with Crippen molar-refractivity contribution in [1.82, 2.24) is 10.2 Å². The molecule has 0 amide bonds. The number of rotatable bonds is 9. The van der Waals surface area contributed by atoms with Crippen molar-refractivity contribution in [2.75, 3.05) is 26.2 Å². The maximum atomic E-state index is 3.77. The first-order valence-corrected chi connectivity index (χ1v) is 9.65. The van der Waals surface area contributed by atoms with Gasteiger partial charge in [0.25, 0.3) is 0 Å². The second kappa shape index (κ2) is 7.00. The zero-order chi connectivity index (χ0) is 14.7. The summed E-state index contributed by atoms with van der Waals surface area (Å²) >= 11 is 0. The molecule has 0 heterocycles. The van der Waals surface area contributed by atoms with E-state index in [9.17, 15) is 0 Å². The van der Waals surface area contributed by atoms with Gasteiger partial charge in [-0.2, -0.15) is 0 Å². The summed E-state index contributed by atoms with van der Waals surface area (Å²) in [6.45, 7) is 10.00. The molecular weight excluding hydrogens is 256 g/mol. The van der Waals surface area contributed by atoms with Crippen molar-refractivity contribution in [2.24, 2.45) is 17.3 Å². The lowest BCUT2D eigenvalue weighted by molar-refractivity contribution is 0.0796. The molecular formula is C19H36N2. The second-order valence-corrected chi connectivity index (χ2v) is 8.46. The summed E-state index contributed by atoms with van der Waals surface area (Å²) in [5.41, 5.74) is 0.582. The summed E-state index contributed by atoms with van der Waals surface area (Å²) in [7, 11) is 0. The molecule has 3 aliphatic rings. The van der Waals surface area contributed by atoms with Gasteiger partial charge in [-0.15, -0.1) is 0 Å². The first kappa shape index (κ1) is 15.8. The van der Waals surface area contributed by atoms with Crippen LogP contribution in [0.1, 0.15) is 71.6 Å². The summed E-state index contributed by atoms with van der Waals surface area (Å²) in [4.78, 5) is 2.90. The maximum absolute atomic E-state index is 3.77. The Hall–Kier alpha value is -0.0800. The van der Waals surface area contributed by atoms with Gasteiger partial charge in [0.05, 0.1) is 0 Å². The van der Waals surface area contributed by atoms with E-state index in [4.69, 9.17) is 0 Å². The highest BCUT2D eigenvalue weighted by molar-refractivity contribution is 4.95. The third kappa shape index (κ3) is 4.69. The fourth-order valence-electron chi connectivity index (χ4n) is 4.14. The largest absolute Gasteiger partial charge is 0.316 e. The fourth-order valence-corrected chi connectivity index (χ4v) is 4.14. The van der Waals surface area contributed by atoms with Gasteiger partial charge in [0.15, 0.2) is 0 Å². The normalized spacial score (nSPS) is 33.6. The van der Waals surface area contributed by atoms with E-state index in [0.717, 1.165) is 17.9 Å². The van der Waals surface area contributed by atoms with E-state index < -0.39 is 0 Å². The van der Waals surface area contributed by atoms with Crippen molar-refractivity contribution in [3.63, 3.8) is 0 Å². The van der Waals surface area contributed by atoms with Gasteiger partial charge in [0.2, 0.25) is 0 Å². The van der Waals surface area contributed by atoms with Crippen LogP contribution in [0.3, 0.4) is 0 Å². The molecule has 0 atom stereocenters. The van der Waals surface area contributed by atoms with Gasteiger partial charge in [0.1, 0.15) is 0 Å². The van der Waals surface area contributed by atoms with Crippen LogP contribution in [0.15, 0.2) is 0 Å². The first-order chi connectivity index (χ1) is 10.2. The van der Waals surface area contributed by atoms with Crippen molar-refractivity contribution in [3.8, 4) is 0 Å². The third-order valence-electron chi connectivity index (χ3n) is 6.05. The summed E-state index contributed by atoms with van der Waals surface area (Å²) < 4.78 is 0. The molecule has 0 aliphatic heterocycles. The number of nitrogens with zero attached hydrogens (tertiary/aromatic N) is 1. The Morgan fingerprint density at radius 2 is 1.76 bits per heavy atom. The van der Waals surface area contributed by atoms with Crippen LogP contribution >= 0.6 is 0 Å². The van der Waals surface area contributed by atoms with Crippen LogP contribution in [0.5, 0.6) is 0 Å². The zero-order valence-electron chi connectivity index (χ0n) is 14.4. The average Bonchev–Trinajstić information content (AvgIpc) is 3.35. The quantitative estimate of drug-likeness (QED) is 0.645. The predicted octanol–water partition coefficient (Wildman–Crippen LogP) is 4.06. The lowest BCUT2D eigenvalue weighted by Crippen LogP contribution is -2.47. The van der Waals surface area contributed by atoms with Crippen LogP contribution in [-0.2, 0) is 0 Å². The lowest BCUT2D eigenvalue weighted by Gasteiger charge is -2.43. The number of hydrogen-bond donors (Lipinski definition) is 1. The Labute approximate surface area is 132 Å². The zero-order valence-corrected chi connectivity index (χ0v) is 14.4. The molecule has 1 N–H and O–H groups in total. The topological polar surface area (TPSA) is 15.3 Å². The van der Waals surface area contributed by atoms with E-state index in [-0.39, 0.29) is 0 Å². The molecule has 122 valence electrons. The van der Waals surface area contributed by atoms with Crippen LogP contribution in [0.25, 0.3) is 0 Å². The fraction of sp³-hybridized carbons (Fsp3) is 1.00. The Kier molecular flexibility index (Phi) is 5.27. The van der Waals surface area contributed by atoms with Crippen LogP contribution in [0, 0.1) is 17.3 Å². The third-order valence-corrected chi connectivity index (χ3v) is 6.05. The Morgan fingerprint density at radius 1 is 1.05 bits per heavy atom. The highest BCUT2D eigenvalue weighted by atomic mass is 15.2. The summed E-state index contributed by atoms with van der Waals surface area (Å²) in [6, 6.07) is 0.952. The molecule has 3 saturated carbocycles. The van der Waals surface area contributed by atoms with Crippen LogP contribution < -0.4 is 5.32 Å². The van der Waals surface area contributed by atoms with Gasteiger partial charge in [-0.05, 0) is 68.7 Å². The molecule has 0 aromatic heterocycles. The van der Waals surface area contributed by atoms with E-state index in [2.05, 4.69) is 24.1 Å². The van der Waals surface area contributed by atoms with E-state index in [0.29, 0.717) is 5.41 Å². The molecule has 2 heteroatoms. The Balaban J connectivity index is 1.59. The van der Waals surface area contributed by atoms with Gasteiger partial charge < -0.3 is 5.32 Å². The standard InChI is InChI=1S/C19H36N2/c1-3-12-20-14-19(10-8-16(2)9-11-19)15-21(18-6-7-18)13-17-4-5-17/h16-18,20H,3-15H2,1-2H3. The Bertz CT molecular complexity index is 312. The molecule has 0 spiro atoms. The molecule has 21 heavy (non-hydrogen) atoms. The van der Waals surface area contributed by atoms with E-state index in [1.54, 1.807) is 0 Å². The summed E-state index contributed by atoms with van der Waals surface area (Å²) in [5.74, 6) is 2.01. The molecule has 3 fully saturated rings. The maximum Gasteiger partial charge on any atom is 0.00967 e. The molecule has 3 aliphatic carbocycles. The van der Waals surface area contributed by atoms with Crippen molar-refractivity contribution in [3.05, 3.63) is 0 Å². The van der Waals surface area contributed by atoms with Gasteiger partial charge in [0, 0.05) is 25.7 Å². The SMILES string of the molecule is CCCNCC1(CN(CC2CC2)C2CC2)CCC(C)CC1. The van der Waals surface area contributed by atoms with Crippen molar-refractivity contribution in [1.29, 1.82) is 0 Å². The van der Waals surface area contributed by atoms with Crippen molar-refractivity contribution < 1.29 is 0 Å². The molecule has 0 aromatic rings. The molecule has 0 unspecified atom stereocenters. The van der Waals surface area contributed by atoms with Crippen molar-refractivity contribution >= 4 is 0 Å². The molecule has 3 rings (SSSR count). The van der Waals surface area contributed by atoms with Crippen LogP contribution in [0.4, 0.5) is 0 Å². The van der Waals surface area contributed by atoms with E-state index >= 15 is 0 Å².